The summed E-state index contributed by atoms with van der Waals surface area (Å²) in [7, 11) is 0. The highest BCUT2D eigenvalue weighted by atomic mass is 35.5. The van der Waals surface area contributed by atoms with Crippen LogP contribution in [0, 0.1) is 0 Å². The molecule has 1 aliphatic heterocycles. The largest absolute Gasteiger partial charge is 0.439 e. The topological polar surface area (TPSA) is 49.5 Å². The smallest absolute Gasteiger partial charge is 0.209 e. The number of hydrogen-bond acceptors (Lipinski definition) is 4. The summed E-state index contributed by atoms with van der Waals surface area (Å²) < 4.78 is 5.83. The Bertz CT molecular complexity index is 599. The van der Waals surface area contributed by atoms with Gasteiger partial charge in [0.2, 0.25) is 5.89 Å². The summed E-state index contributed by atoms with van der Waals surface area (Å²) in [6, 6.07) is 7.79. The van der Waals surface area contributed by atoms with E-state index in [0.29, 0.717) is 23.2 Å². The quantitative estimate of drug-likeness (QED) is 0.941. The van der Waals surface area contributed by atoms with Gasteiger partial charge in [0.05, 0.1) is 24.4 Å². The average Bonchev–Trinajstić information content (AvgIpc) is 2.96. The molecule has 1 aliphatic rings. The highest BCUT2D eigenvalue weighted by Crippen LogP contribution is 2.28. The zero-order chi connectivity index (χ0) is 14.7. The van der Waals surface area contributed by atoms with Crippen LogP contribution in [0.4, 0.5) is 0 Å². The summed E-state index contributed by atoms with van der Waals surface area (Å²) in [5.74, 6) is 1.36. The standard InChI is InChI=1S/C16H19ClN2O2/c17-14-7-2-1-6-13(14)15-9-18-16(21-15)10-19-8-4-3-5-12(19)11-20/h1-2,6-7,9,12,20H,3-5,8,10-11H2. The molecule has 1 N–H and O–H groups in total. The number of oxazole rings is 1. The van der Waals surface area contributed by atoms with Gasteiger partial charge in [0.15, 0.2) is 5.76 Å². The van der Waals surface area contributed by atoms with E-state index in [0.717, 1.165) is 24.9 Å². The molecule has 1 saturated heterocycles. The number of aromatic nitrogens is 1. The number of aliphatic hydroxyl groups excluding tert-OH is 1. The van der Waals surface area contributed by atoms with Crippen LogP contribution in [0.3, 0.4) is 0 Å². The predicted octanol–water partition coefficient (Wildman–Crippen LogP) is 3.34. The summed E-state index contributed by atoms with van der Waals surface area (Å²) in [4.78, 5) is 6.59. The molecule has 0 aliphatic carbocycles. The predicted molar refractivity (Wildman–Crippen MR) is 82.1 cm³/mol. The van der Waals surface area contributed by atoms with Crippen molar-refractivity contribution in [2.45, 2.75) is 31.8 Å². The third-order valence-corrected chi connectivity index (χ3v) is 4.32. The lowest BCUT2D eigenvalue weighted by molar-refractivity contribution is 0.0770. The molecule has 2 heterocycles. The van der Waals surface area contributed by atoms with Crippen molar-refractivity contribution in [1.29, 1.82) is 0 Å². The molecule has 21 heavy (non-hydrogen) atoms. The second-order valence-corrected chi connectivity index (χ2v) is 5.81. The molecule has 0 amide bonds. The summed E-state index contributed by atoms with van der Waals surface area (Å²) in [5.41, 5.74) is 0.857. The lowest BCUT2D eigenvalue weighted by Crippen LogP contribution is -2.41. The van der Waals surface area contributed by atoms with Crippen molar-refractivity contribution in [3.05, 3.63) is 41.4 Å². The molecule has 5 heteroatoms. The minimum Gasteiger partial charge on any atom is -0.439 e. The molecule has 1 atom stereocenters. The van der Waals surface area contributed by atoms with Gasteiger partial charge in [0.1, 0.15) is 0 Å². The van der Waals surface area contributed by atoms with Gasteiger partial charge in [-0.2, -0.15) is 0 Å². The van der Waals surface area contributed by atoms with Gasteiger partial charge in [-0.1, -0.05) is 30.2 Å². The van der Waals surface area contributed by atoms with Gasteiger partial charge in [-0.05, 0) is 31.5 Å². The maximum atomic E-state index is 9.45. The Morgan fingerprint density at radius 1 is 1.33 bits per heavy atom. The van der Waals surface area contributed by atoms with Crippen molar-refractivity contribution in [3.63, 3.8) is 0 Å². The molecular formula is C16H19ClN2O2. The molecule has 1 aromatic heterocycles. The van der Waals surface area contributed by atoms with Crippen molar-refractivity contribution in [2.75, 3.05) is 13.2 Å². The van der Waals surface area contributed by atoms with Gasteiger partial charge in [-0.15, -0.1) is 0 Å². The Balaban J connectivity index is 1.75. The number of benzene rings is 1. The maximum absolute atomic E-state index is 9.45. The lowest BCUT2D eigenvalue weighted by Gasteiger charge is -2.33. The third kappa shape index (κ3) is 3.28. The summed E-state index contributed by atoms with van der Waals surface area (Å²) >= 11 is 6.17. The van der Waals surface area contributed by atoms with Crippen LogP contribution in [0.5, 0.6) is 0 Å². The number of piperidine rings is 1. The zero-order valence-corrected chi connectivity index (χ0v) is 12.6. The van der Waals surface area contributed by atoms with E-state index < -0.39 is 0 Å². The summed E-state index contributed by atoms with van der Waals surface area (Å²) in [6.45, 7) is 1.81. The molecule has 0 spiro atoms. The second kappa shape index (κ2) is 6.60. The molecule has 0 bridgehead atoms. The number of nitrogens with zero attached hydrogens (tertiary/aromatic N) is 2. The summed E-state index contributed by atoms with van der Waals surface area (Å²) in [5, 5.41) is 10.1. The molecule has 0 saturated carbocycles. The van der Waals surface area contributed by atoms with Crippen LogP contribution < -0.4 is 0 Å². The number of hydrogen-bond donors (Lipinski definition) is 1. The molecular weight excluding hydrogens is 288 g/mol. The van der Waals surface area contributed by atoms with Crippen molar-refractivity contribution >= 4 is 11.6 Å². The van der Waals surface area contributed by atoms with E-state index in [9.17, 15) is 5.11 Å². The Morgan fingerprint density at radius 2 is 2.19 bits per heavy atom. The fraction of sp³-hybridized carbons (Fsp3) is 0.438. The Kier molecular flexibility index (Phi) is 4.58. The van der Waals surface area contributed by atoms with Gasteiger partial charge in [-0.25, -0.2) is 4.98 Å². The van der Waals surface area contributed by atoms with Crippen LogP contribution in [0.2, 0.25) is 5.02 Å². The van der Waals surface area contributed by atoms with E-state index in [2.05, 4.69) is 9.88 Å². The Labute approximate surface area is 129 Å². The van der Waals surface area contributed by atoms with Crippen LogP contribution >= 0.6 is 11.6 Å². The lowest BCUT2D eigenvalue weighted by atomic mass is 10.0. The van der Waals surface area contributed by atoms with Gasteiger partial charge < -0.3 is 9.52 Å². The zero-order valence-electron chi connectivity index (χ0n) is 11.8. The minimum atomic E-state index is 0.193. The molecule has 3 rings (SSSR count). The molecule has 1 aromatic carbocycles. The first-order valence-electron chi connectivity index (χ1n) is 7.32. The second-order valence-electron chi connectivity index (χ2n) is 5.40. The van der Waals surface area contributed by atoms with Gasteiger partial charge >= 0.3 is 0 Å². The summed E-state index contributed by atoms with van der Waals surface area (Å²) in [6.07, 6.45) is 5.09. The van der Waals surface area contributed by atoms with Gasteiger partial charge in [0, 0.05) is 11.6 Å². The van der Waals surface area contributed by atoms with Crippen LogP contribution in [0.1, 0.15) is 25.2 Å². The number of likely N-dealkylation sites (tertiary alicyclic amines) is 1. The average molecular weight is 307 g/mol. The highest BCUT2D eigenvalue weighted by Gasteiger charge is 2.23. The molecule has 1 fully saturated rings. The highest BCUT2D eigenvalue weighted by molar-refractivity contribution is 6.33. The van der Waals surface area contributed by atoms with E-state index in [1.807, 2.05) is 24.3 Å². The molecule has 2 aromatic rings. The number of halogens is 1. The fourth-order valence-electron chi connectivity index (χ4n) is 2.82. The van der Waals surface area contributed by atoms with Crippen LogP contribution in [-0.2, 0) is 6.54 Å². The maximum Gasteiger partial charge on any atom is 0.209 e. The van der Waals surface area contributed by atoms with E-state index in [-0.39, 0.29) is 12.6 Å². The Hall–Kier alpha value is -1.36. The first-order chi connectivity index (χ1) is 10.3. The fourth-order valence-corrected chi connectivity index (χ4v) is 3.05. The molecule has 4 nitrogen and oxygen atoms in total. The van der Waals surface area contributed by atoms with Crippen molar-refractivity contribution < 1.29 is 9.52 Å². The number of aliphatic hydroxyl groups is 1. The molecule has 112 valence electrons. The van der Waals surface area contributed by atoms with Crippen LogP contribution in [0.25, 0.3) is 11.3 Å². The van der Waals surface area contributed by atoms with Gasteiger partial charge in [-0.3, -0.25) is 4.90 Å². The van der Waals surface area contributed by atoms with Gasteiger partial charge in [0.25, 0.3) is 0 Å². The minimum absolute atomic E-state index is 0.193. The van der Waals surface area contributed by atoms with Crippen LogP contribution in [-0.4, -0.2) is 34.2 Å². The van der Waals surface area contributed by atoms with Crippen LogP contribution in [0.15, 0.2) is 34.9 Å². The normalized spacial score (nSPS) is 19.8. The third-order valence-electron chi connectivity index (χ3n) is 3.99. The number of rotatable bonds is 4. The molecule has 0 radical (unpaired) electrons. The SMILES string of the molecule is OCC1CCCCN1Cc1ncc(-c2ccccc2Cl)o1. The van der Waals surface area contributed by atoms with Crippen molar-refractivity contribution in [1.82, 2.24) is 9.88 Å². The monoisotopic (exact) mass is 306 g/mol. The van der Waals surface area contributed by atoms with E-state index in [1.54, 1.807) is 6.20 Å². The van der Waals surface area contributed by atoms with E-state index in [1.165, 1.54) is 6.42 Å². The first kappa shape index (κ1) is 14.6. The Morgan fingerprint density at radius 3 is 3.00 bits per heavy atom. The van der Waals surface area contributed by atoms with Crippen molar-refractivity contribution in [2.24, 2.45) is 0 Å². The van der Waals surface area contributed by atoms with Crippen molar-refractivity contribution in [3.8, 4) is 11.3 Å². The van der Waals surface area contributed by atoms with E-state index in [4.69, 9.17) is 16.0 Å². The molecule has 1 unspecified atom stereocenters. The first-order valence-corrected chi connectivity index (χ1v) is 7.70. The van der Waals surface area contributed by atoms with E-state index >= 15 is 0 Å².